The SMILES string of the molecule is COc1cccc(F)c1-c1nc(C(=O)Nc2ccc(F)cc2N2CCC(NS(=O)(=O)NC(=O)OC(C)(C)C)CC2)cn2ccnc12. The molecule has 3 N–H and O–H groups in total. The highest BCUT2D eigenvalue weighted by molar-refractivity contribution is 7.88. The first-order valence-electron chi connectivity index (χ1n) is 14.3. The van der Waals surface area contributed by atoms with Crippen LogP contribution in [0.2, 0.25) is 0 Å². The Hall–Kier alpha value is -4.83. The van der Waals surface area contributed by atoms with E-state index in [-0.39, 0.29) is 28.4 Å². The predicted octanol–water partition coefficient (Wildman–Crippen LogP) is 4.26. The van der Waals surface area contributed by atoms with E-state index in [1.54, 1.807) is 33.0 Å². The van der Waals surface area contributed by atoms with Gasteiger partial charge in [0.2, 0.25) is 0 Å². The van der Waals surface area contributed by atoms with Gasteiger partial charge in [0.15, 0.2) is 5.65 Å². The highest BCUT2D eigenvalue weighted by atomic mass is 32.2. The van der Waals surface area contributed by atoms with Gasteiger partial charge in [0.05, 0.1) is 24.0 Å². The Kier molecular flexibility index (Phi) is 9.12. The second-order valence-corrected chi connectivity index (χ2v) is 13.0. The van der Waals surface area contributed by atoms with Gasteiger partial charge in [-0.1, -0.05) is 6.07 Å². The fraction of sp³-hybridized carbons (Fsp3) is 0.333. The molecule has 0 bridgehead atoms. The molecule has 1 fully saturated rings. The molecule has 1 saturated heterocycles. The molecule has 2 amide bonds. The van der Waals surface area contributed by atoms with Crippen LogP contribution < -0.4 is 24.4 Å². The molecule has 16 heteroatoms. The maximum atomic E-state index is 15.0. The van der Waals surface area contributed by atoms with Crippen LogP contribution in [-0.2, 0) is 14.9 Å². The van der Waals surface area contributed by atoms with Crippen molar-refractivity contribution in [3.63, 3.8) is 0 Å². The Labute approximate surface area is 264 Å². The summed E-state index contributed by atoms with van der Waals surface area (Å²) < 4.78 is 70.5. The van der Waals surface area contributed by atoms with Crippen LogP contribution in [0.1, 0.15) is 44.1 Å². The van der Waals surface area contributed by atoms with Crippen molar-refractivity contribution >= 4 is 39.2 Å². The number of benzene rings is 2. The molecule has 1 aliphatic heterocycles. The molecule has 0 unspecified atom stereocenters. The molecular weight excluding hydrogens is 624 g/mol. The zero-order valence-electron chi connectivity index (χ0n) is 25.5. The van der Waals surface area contributed by atoms with Crippen LogP contribution in [0.4, 0.5) is 25.0 Å². The normalized spacial score (nSPS) is 14.3. The third-order valence-electron chi connectivity index (χ3n) is 7.02. The minimum Gasteiger partial charge on any atom is -0.496 e. The first-order valence-corrected chi connectivity index (χ1v) is 15.8. The van der Waals surface area contributed by atoms with Gasteiger partial charge in [-0.05, 0) is 63.9 Å². The molecule has 2 aromatic carbocycles. The molecule has 13 nitrogen and oxygen atoms in total. The number of carbonyl (C=O) groups excluding carboxylic acids is 2. The molecule has 46 heavy (non-hydrogen) atoms. The van der Waals surface area contributed by atoms with Gasteiger partial charge >= 0.3 is 16.3 Å². The minimum absolute atomic E-state index is 0.0399. The second kappa shape index (κ2) is 12.9. The molecule has 0 aliphatic carbocycles. The van der Waals surface area contributed by atoms with Crippen LogP contribution in [0.3, 0.4) is 0 Å². The largest absolute Gasteiger partial charge is 0.496 e. The number of anilines is 2. The summed E-state index contributed by atoms with van der Waals surface area (Å²) in [4.78, 5) is 36.0. The third kappa shape index (κ3) is 7.51. The van der Waals surface area contributed by atoms with E-state index in [2.05, 4.69) is 20.0 Å². The fourth-order valence-corrected chi connectivity index (χ4v) is 6.06. The van der Waals surface area contributed by atoms with E-state index in [1.807, 2.05) is 9.62 Å². The second-order valence-electron chi connectivity index (χ2n) is 11.6. The molecule has 0 spiro atoms. The van der Waals surface area contributed by atoms with E-state index in [4.69, 9.17) is 9.47 Å². The van der Waals surface area contributed by atoms with Crippen molar-refractivity contribution in [3.8, 4) is 17.0 Å². The van der Waals surface area contributed by atoms with E-state index in [0.717, 1.165) is 0 Å². The van der Waals surface area contributed by atoms with Gasteiger partial charge < -0.3 is 24.1 Å². The number of halogens is 2. The lowest BCUT2D eigenvalue weighted by atomic mass is 10.0. The summed E-state index contributed by atoms with van der Waals surface area (Å²) >= 11 is 0. The zero-order chi connectivity index (χ0) is 33.2. The topological polar surface area (TPSA) is 156 Å². The van der Waals surface area contributed by atoms with Gasteiger partial charge in [-0.3, -0.25) is 4.79 Å². The summed E-state index contributed by atoms with van der Waals surface area (Å²) in [6.07, 6.45) is 4.08. The number of hydrogen-bond acceptors (Lipinski definition) is 9. The Morgan fingerprint density at radius 2 is 1.83 bits per heavy atom. The summed E-state index contributed by atoms with van der Waals surface area (Å²) in [5.41, 5.74) is 0.168. The smallest absolute Gasteiger partial charge is 0.422 e. The molecule has 3 heterocycles. The van der Waals surface area contributed by atoms with Crippen LogP contribution >= 0.6 is 0 Å². The number of methoxy groups -OCH3 is 1. The van der Waals surface area contributed by atoms with Gasteiger partial charge in [-0.25, -0.2) is 28.3 Å². The standard InChI is InChI=1S/C30H33F2N7O6S/c1-30(2,3)45-29(41)37-46(42,43)36-19-10-13-38(14-11-19)23-16-18(31)8-9-21(23)35-28(40)22-17-39-15-12-33-27(39)26(34-22)25-20(32)6-5-7-24(25)44-4/h5-9,12,15-17,19,36H,10-11,13-14H2,1-4H3,(H,35,40)(H,37,41). The number of imidazole rings is 1. The monoisotopic (exact) mass is 657 g/mol. The summed E-state index contributed by atoms with van der Waals surface area (Å²) in [5.74, 6) is -1.58. The number of nitrogens with one attached hydrogen (secondary N) is 3. The van der Waals surface area contributed by atoms with Crippen molar-refractivity contribution in [2.75, 3.05) is 30.4 Å². The van der Waals surface area contributed by atoms with Crippen LogP contribution in [-0.4, -0.2) is 66.6 Å². The first-order chi connectivity index (χ1) is 21.7. The average Bonchev–Trinajstić information content (AvgIpc) is 3.45. The van der Waals surface area contributed by atoms with Crippen molar-refractivity contribution in [1.82, 2.24) is 23.8 Å². The molecule has 1 aliphatic rings. The lowest BCUT2D eigenvalue weighted by Gasteiger charge is -2.34. The van der Waals surface area contributed by atoms with E-state index in [1.165, 1.54) is 54.2 Å². The Bertz CT molecular complexity index is 1890. The van der Waals surface area contributed by atoms with Gasteiger partial charge in [0.25, 0.3) is 5.91 Å². The van der Waals surface area contributed by atoms with Crippen LogP contribution in [0.15, 0.2) is 55.0 Å². The molecule has 0 atom stereocenters. The van der Waals surface area contributed by atoms with Gasteiger partial charge in [-0.15, -0.1) is 0 Å². The van der Waals surface area contributed by atoms with Crippen molar-refractivity contribution < 1.29 is 36.3 Å². The van der Waals surface area contributed by atoms with E-state index < -0.39 is 45.5 Å². The van der Waals surface area contributed by atoms with Crippen molar-refractivity contribution in [3.05, 3.63) is 72.3 Å². The molecule has 2 aromatic heterocycles. The highest BCUT2D eigenvalue weighted by Crippen LogP contribution is 2.34. The maximum Gasteiger partial charge on any atom is 0.422 e. The fourth-order valence-electron chi connectivity index (χ4n) is 5.07. The summed E-state index contributed by atoms with van der Waals surface area (Å²) in [5, 5.41) is 2.78. The Balaban J connectivity index is 1.33. The molecule has 5 rings (SSSR count). The van der Waals surface area contributed by atoms with E-state index >= 15 is 4.39 Å². The minimum atomic E-state index is -4.19. The molecule has 0 saturated carbocycles. The van der Waals surface area contributed by atoms with Gasteiger partial charge in [0, 0.05) is 37.7 Å². The van der Waals surface area contributed by atoms with E-state index in [9.17, 15) is 22.4 Å². The molecule has 244 valence electrons. The van der Waals surface area contributed by atoms with Gasteiger partial charge in [-0.2, -0.15) is 13.1 Å². The number of amides is 2. The van der Waals surface area contributed by atoms with Crippen molar-refractivity contribution in [2.45, 2.75) is 45.3 Å². The molecule has 4 aromatic rings. The summed E-state index contributed by atoms with van der Waals surface area (Å²) in [7, 11) is -2.80. The number of piperidine rings is 1. The van der Waals surface area contributed by atoms with Gasteiger partial charge in [0.1, 0.15) is 34.4 Å². The average molecular weight is 658 g/mol. The number of rotatable bonds is 8. The summed E-state index contributed by atoms with van der Waals surface area (Å²) in [6.45, 7) is 5.45. The number of fused-ring (bicyclic) bond motifs is 1. The number of hydrogen-bond donors (Lipinski definition) is 3. The maximum absolute atomic E-state index is 15.0. The van der Waals surface area contributed by atoms with Crippen LogP contribution in [0.25, 0.3) is 16.9 Å². The number of nitrogens with zero attached hydrogens (tertiary/aromatic N) is 4. The van der Waals surface area contributed by atoms with Crippen LogP contribution in [0, 0.1) is 11.6 Å². The molecular formula is C30H33F2N7O6S. The number of carbonyl (C=O) groups is 2. The third-order valence-corrected chi connectivity index (χ3v) is 8.10. The van der Waals surface area contributed by atoms with Crippen LogP contribution in [0.5, 0.6) is 5.75 Å². The Morgan fingerprint density at radius 3 is 2.52 bits per heavy atom. The number of aromatic nitrogens is 3. The van der Waals surface area contributed by atoms with Crippen molar-refractivity contribution in [1.29, 1.82) is 0 Å². The Morgan fingerprint density at radius 1 is 1.09 bits per heavy atom. The van der Waals surface area contributed by atoms with Crippen molar-refractivity contribution in [2.24, 2.45) is 0 Å². The predicted molar refractivity (Wildman–Crippen MR) is 166 cm³/mol. The summed E-state index contributed by atoms with van der Waals surface area (Å²) in [6, 6.07) is 7.69. The van der Waals surface area contributed by atoms with E-state index in [0.29, 0.717) is 37.3 Å². The molecule has 0 radical (unpaired) electrons. The highest BCUT2D eigenvalue weighted by Gasteiger charge is 2.28. The zero-order valence-corrected chi connectivity index (χ0v) is 26.3. The first kappa shape index (κ1) is 32.6. The quantitative estimate of drug-likeness (QED) is 0.252. The number of ether oxygens (including phenoxy) is 2. The lowest BCUT2D eigenvalue weighted by molar-refractivity contribution is 0.0569. The lowest BCUT2D eigenvalue weighted by Crippen LogP contribution is -2.50.